The Balaban J connectivity index is 1.46. The summed E-state index contributed by atoms with van der Waals surface area (Å²) in [6.07, 6.45) is 2.73. The number of carbonyl (C=O) groups is 1. The predicted octanol–water partition coefficient (Wildman–Crippen LogP) is 1.61. The van der Waals surface area contributed by atoms with Crippen LogP contribution in [-0.4, -0.2) is 39.4 Å². The van der Waals surface area contributed by atoms with Gasteiger partial charge in [-0.3, -0.25) is 9.69 Å². The molecule has 0 heterocycles. The fourth-order valence-corrected chi connectivity index (χ4v) is 4.09. The highest BCUT2D eigenvalue weighted by Gasteiger charge is 2.26. The summed E-state index contributed by atoms with van der Waals surface area (Å²) in [5.41, 5.74) is 3.64. The summed E-state index contributed by atoms with van der Waals surface area (Å²) in [7, 11) is -1.69. The lowest BCUT2D eigenvalue weighted by atomic mass is 10.1. The number of benzene rings is 2. The number of hydrogen-bond donors (Lipinski definition) is 2. The van der Waals surface area contributed by atoms with Crippen LogP contribution >= 0.6 is 0 Å². The number of hydrogen-bond acceptors (Lipinski definition) is 4. The molecule has 0 fully saturated rings. The molecule has 1 atom stereocenters. The van der Waals surface area contributed by atoms with Crippen LogP contribution in [0.15, 0.2) is 53.4 Å². The number of likely N-dealkylation sites (N-methyl/N-ethyl adjacent to an activating group) is 1. The number of aryl methyl sites for hydroxylation is 1. The molecular formula is C20H25N3O3S. The molecule has 144 valence electrons. The standard InChI is InChI=1S/C20H25N3O3S/c1-23(19-11-8-16-4-2-3-5-18(16)19)14-20(24)22-13-12-15-6-9-17(10-7-15)27(21,25)26/h2-7,9-10,19H,8,11-14H2,1H3,(H,22,24)(H2,21,25,26)/t19-/m1/s1. The van der Waals surface area contributed by atoms with E-state index in [9.17, 15) is 13.2 Å². The van der Waals surface area contributed by atoms with E-state index in [1.165, 1.54) is 23.3 Å². The SMILES string of the molecule is CN(CC(=O)NCCc1ccc(S(N)(=O)=O)cc1)[C@@H]1CCc2ccccc21. The molecule has 7 heteroatoms. The average Bonchev–Trinajstić information content (AvgIpc) is 3.05. The predicted molar refractivity (Wildman–Crippen MR) is 105 cm³/mol. The highest BCUT2D eigenvalue weighted by molar-refractivity contribution is 7.89. The van der Waals surface area contributed by atoms with Crippen LogP contribution in [0, 0.1) is 0 Å². The zero-order valence-electron chi connectivity index (χ0n) is 15.4. The van der Waals surface area contributed by atoms with Crippen molar-refractivity contribution in [2.75, 3.05) is 20.1 Å². The van der Waals surface area contributed by atoms with E-state index in [0.29, 0.717) is 19.5 Å². The van der Waals surface area contributed by atoms with Crippen LogP contribution in [0.5, 0.6) is 0 Å². The number of nitrogens with zero attached hydrogens (tertiary/aromatic N) is 1. The first-order valence-electron chi connectivity index (χ1n) is 9.01. The third-order valence-electron chi connectivity index (χ3n) is 5.01. The molecule has 27 heavy (non-hydrogen) atoms. The van der Waals surface area contributed by atoms with Gasteiger partial charge in [0.25, 0.3) is 0 Å². The van der Waals surface area contributed by atoms with E-state index in [0.717, 1.165) is 18.4 Å². The summed E-state index contributed by atoms with van der Waals surface area (Å²) >= 11 is 0. The van der Waals surface area contributed by atoms with Crippen molar-refractivity contribution < 1.29 is 13.2 Å². The smallest absolute Gasteiger partial charge is 0.238 e. The van der Waals surface area contributed by atoms with E-state index in [2.05, 4.69) is 28.4 Å². The minimum Gasteiger partial charge on any atom is -0.355 e. The second-order valence-electron chi connectivity index (χ2n) is 6.96. The number of carbonyl (C=O) groups excluding carboxylic acids is 1. The van der Waals surface area contributed by atoms with Crippen LogP contribution in [0.4, 0.5) is 0 Å². The Kier molecular flexibility index (Phi) is 5.94. The van der Waals surface area contributed by atoms with Crippen LogP contribution in [-0.2, 0) is 27.7 Å². The van der Waals surface area contributed by atoms with Crippen molar-refractivity contribution in [3.63, 3.8) is 0 Å². The van der Waals surface area contributed by atoms with Gasteiger partial charge >= 0.3 is 0 Å². The van der Waals surface area contributed by atoms with Gasteiger partial charge in [0.2, 0.25) is 15.9 Å². The number of nitrogens with one attached hydrogen (secondary N) is 1. The second kappa shape index (κ2) is 8.21. The Morgan fingerprint density at radius 2 is 1.89 bits per heavy atom. The van der Waals surface area contributed by atoms with E-state index in [1.54, 1.807) is 12.1 Å². The van der Waals surface area contributed by atoms with Gasteiger partial charge in [0, 0.05) is 12.6 Å². The summed E-state index contributed by atoms with van der Waals surface area (Å²) in [4.78, 5) is 14.4. The van der Waals surface area contributed by atoms with Gasteiger partial charge in [-0.05, 0) is 55.1 Å². The summed E-state index contributed by atoms with van der Waals surface area (Å²) < 4.78 is 22.5. The molecule has 1 amide bonds. The quantitative estimate of drug-likeness (QED) is 0.755. The molecule has 3 rings (SSSR count). The van der Waals surface area contributed by atoms with Crippen LogP contribution in [0.25, 0.3) is 0 Å². The topological polar surface area (TPSA) is 92.5 Å². The zero-order valence-corrected chi connectivity index (χ0v) is 16.2. The minimum atomic E-state index is -3.67. The highest BCUT2D eigenvalue weighted by Crippen LogP contribution is 2.34. The largest absolute Gasteiger partial charge is 0.355 e. The van der Waals surface area contributed by atoms with E-state index in [1.807, 2.05) is 13.1 Å². The summed E-state index contributed by atoms with van der Waals surface area (Å²) in [6.45, 7) is 0.853. The van der Waals surface area contributed by atoms with Crippen LogP contribution in [0.3, 0.4) is 0 Å². The van der Waals surface area contributed by atoms with Gasteiger partial charge in [-0.1, -0.05) is 36.4 Å². The Morgan fingerprint density at radius 3 is 2.59 bits per heavy atom. The molecule has 1 aliphatic carbocycles. The third kappa shape index (κ3) is 4.94. The van der Waals surface area contributed by atoms with Crippen LogP contribution in [0.1, 0.15) is 29.2 Å². The number of primary sulfonamides is 1. The fourth-order valence-electron chi connectivity index (χ4n) is 3.58. The van der Waals surface area contributed by atoms with Crippen molar-refractivity contribution in [2.45, 2.75) is 30.2 Å². The second-order valence-corrected chi connectivity index (χ2v) is 8.52. The Morgan fingerprint density at radius 1 is 1.19 bits per heavy atom. The molecule has 0 radical (unpaired) electrons. The molecule has 1 aliphatic rings. The van der Waals surface area contributed by atoms with Crippen molar-refractivity contribution >= 4 is 15.9 Å². The third-order valence-corrected chi connectivity index (χ3v) is 5.94. The van der Waals surface area contributed by atoms with E-state index in [-0.39, 0.29) is 16.8 Å². The Hall–Kier alpha value is -2.22. The van der Waals surface area contributed by atoms with Crippen molar-refractivity contribution in [3.8, 4) is 0 Å². The Bertz CT molecular complexity index is 910. The molecule has 2 aromatic carbocycles. The lowest BCUT2D eigenvalue weighted by Gasteiger charge is -2.24. The number of nitrogens with two attached hydrogens (primary N) is 1. The van der Waals surface area contributed by atoms with Gasteiger partial charge in [0.15, 0.2) is 0 Å². The molecular weight excluding hydrogens is 362 g/mol. The molecule has 0 aliphatic heterocycles. The summed E-state index contributed by atoms with van der Waals surface area (Å²) in [5.74, 6) is -0.0111. The maximum absolute atomic E-state index is 12.2. The maximum Gasteiger partial charge on any atom is 0.238 e. The highest BCUT2D eigenvalue weighted by atomic mass is 32.2. The number of rotatable bonds is 7. The Labute approximate surface area is 160 Å². The fraction of sp³-hybridized carbons (Fsp3) is 0.350. The van der Waals surface area contributed by atoms with Gasteiger partial charge in [-0.15, -0.1) is 0 Å². The number of fused-ring (bicyclic) bond motifs is 1. The zero-order chi connectivity index (χ0) is 19.4. The van der Waals surface area contributed by atoms with E-state index < -0.39 is 10.0 Å². The minimum absolute atomic E-state index is 0.0111. The molecule has 0 unspecified atom stereocenters. The average molecular weight is 388 g/mol. The van der Waals surface area contributed by atoms with Crippen LogP contribution < -0.4 is 10.5 Å². The van der Waals surface area contributed by atoms with Crippen molar-refractivity contribution in [2.24, 2.45) is 5.14 Å². The first kappa shape index (κ1) is 19.5. The molecule has 0 bridgehead atoms. The summed E-state index contributed by atoms with van der Waals surface area (Å²) in [5, 5.41) is 8.02. The maximum atomic E-state index is 12.2. The van der Waals surface area contributed by atoms with Gasteiger partial charge in [-0.25, -0.2) is 13.6 Å². The van der Waals surface area contributed by atoms with Crippen LogP contribution in [0.2, 0.25) is 0 Å². The van der Waals surface area contributed by atoms with E-state index >= 15 is 0 Å². The lowest BCUT2D eigenvalue weighted by molar-refractivity contribution is -0.122. The first-order chi connectivity index (χ1) is 12.8. The van der Waals surface area contributed by atoms with Crippen molar-refractivity contribution in [1.29, 1.82) is 0 Å². The van der Waals surface area contributed by atoms with Gasteiger partial charge in [-0.2, -0.15) is 0 Å². The number of amides is 1. The monoisotopic (exact) mass is 387 g/mol. The lowest BCUT2D eigenvalue weighted by Crippen LogP contribution is -2.37. The number of sulfonamides is 1. The van der Waals surface area contributed by atoms with Gasteiger partial charge in [0.05, 0.1) is 11.4 Å². The van der Waals surface area contributed by atoms with Gasteiger partial charge < -0.3 is 5.32 Å². The molecule has 6 nitrogen and oxygen atoms in total. The molecule has 0 saturated heterocycles. The molecule has 0 spiro atoms. The van der Waals surface area contributed by atoms with Gasteiger partial charge in [0.1, 0.15) is 0 Å². The van der Waals surface area contributed by atoms with E-state index in [4.69, 9.17) is 5.14 Å². The summed E-state index contributed by atoms with van der Waals surface area (Å²) in [6, 6.07) is 15.1. The molecule has 0 saturated carbocycles. The normalized spacial score (nSPS) is 16.3. The molecule has 0 aromatic heterocycles. The first-order valence-corrected chi connectivity index (χ1v) is 10.6. The molecule has 3 N–H and O–H groups in total. The van der Waals surface area contributed by atoms with Crippen molar-refractivity contribution in [3.05, 3.63) is 65.2 Å². The van der Waals surface area contributed by atoms with Crippen molar-refractivity contribution in [1.82, 2.24) is 10.2 Å². The molecule has 2 aromatic rings.